The number of carbonyl (C=O) groups excluding carboxylic acids is 2. The summed E-state index contributed by atoms with van der Waals surface area (Å²) in [6.45, 7) is 3.63. The van der Waals surface area contributed by atoms with E-state index >= 15 is 0 Å². The predicted molar refractivity (Wildman–Crippen MR) is 198 cm³/mol. The molecule has 8 nitrogen and oxygen atoms in total. The number of ether oxygens (including phenoxy) is 2. The van der Waals surface area contributed by atoms with Crippen LogP contribution in [0.25, 0.3) is 0 Å². The number of unbranched alkanes of at least 4 members (excludes halogenated alkanes) is 20. The van der Waals surface area contributed by atoms with E-state index in [1.807, 2.05) is 0 Å². The molecule has 0 aliphatic rings. The number of esters is 2. The van der Waals surface area contributed by atoms with Gasteiger partial charge in [0.2, 0.25) is 0 Å². The normalized spacial score (nSPS) is 12.8. The number of allylic oxidation sites excluding steroid dienone is 6. The summed E-state index contributed by atoms with van der Waals surface area (Å²) >= 11 is 0. The summed E-state index contributed by atoms with van der Waals surface area (Å²) in [7, 11) is -4.75. The highest BCUT2D eigenvalue weighted by molar-refractivity contribution is 7.46. The second kappa shape index (κ2) is 35.1. The van der Waals surface area contributed by atoms with Gasteiger partial charge in [0.1, 0.15) is 6.61 Å². The van der Waals surface area contributed by atoms with Gasteiger partial charge in [-0.15, -0.1) is 0 Å². The molecule has 0 rings (SSSR count). The molecule has 9 heteroatoms. The average molecular weight is 699 g/mol. The summed E-state index contributed by atoms with van der Waals surface area (Å²) < 4.78 is 26.3. The van der Waals surface area contributed by atoms with Crippen molar-refractivity contribution in [2.24, 2.45) is 0 Å². The molecule has 0 aromatic carbocycles. The van der Waals surface area contributed by atoms with Gasteiger partial charge in [0, 0.05) is 12.8 Å². The Kier molecular flexibility index (Phi) is 33.8. The molecular weight excluding hydrogens is 627 g/mol. The first-order valence-electron chi connectivity index (χ1n) is 19.3. The summed E-state index contributed by atoms with van der Waals surface area (Å²) in [4.78, 5) is 42.7. The maximum atomic E-state index is 12.4. The fourth-order valence-electron chi connectivity index (χ4n) is 5.24. The molecule has 0 bridgehead atoms. The smallest absolute Gasteiger partial charge is 0.462 e. The summed E-state index contributed by atoms with van der Waals surface area (Å²) in [5.41, 5.74) is 0. The molecule has 0 aliphatic heterocycles. The van der Waals surface area contributed by atoms with E-state index in [1.165, 1.54) is 77.0 Å². The molecule has 0 saturated carbocycles. The maximum Gasteiger partial charge on any atom is 0.469 e. The second-order valence-electron chi connectivity index (χ2n) is 12.9. The van der Waals surface area contributed by atoms with E-state index < -0.39 is 32.5 Å². The van der Waals surface area contributed by atoms with Gasteiger partial charge in [-0.05, 0) is 64.2 Å². The number of hydrogen-bond acceptors (Lipinski definition) is 6. The third kappa shape index (κ3) is 37.1. The molecule has 0 aromatic rings. The van der Waals surface area contributed by atoms with E-state index in [4.69, 9.17) is 19.3 Å². The molecule has 2 N–H and O–H groups in total. The Labute approximate surface area is 293 Å². The first kappa shape index (κ1) is 46.3. The van der Waals surface area contributed by atoms with Gasteiger partial charge in [-0.3, -0.25) is 14.1 Å². The van der Waals surface area contributed by atoms with E-state index in [1.54, 1.807) is 0 Å². The van der Waals surface area contributed by atoms with Crippen molar-refractivity contribution in [1.82, 2.24) is 0 Å². The van der Waals surface area contributed by atoms with Gasteiger partial charge < -0.3 is 19.3 Å². The number of phosphoric ester groups is 1. The number of carbonyl (C=O) groups is 2. The van der Waals surface area contributed by atoms with Crippen molar-refractivity contribution in [2.75, 3.05) is 13.2 Å². The Balaban J connectivity index is 3.99. The van der Waals surface area contributed by atoms with Crippen molar-refractivity contribution in [1.29, 1.82) is 0 Å². The molecule has 1 atom stereocenters. The van der Waals surface area contributed by atoms with Crippen LogP contribution in [-0.2, 0) is 28.2 Å². The predicted octanol–water partition coefficient (Wildman–Crippen LogP) is 11.4. The first-order valence-corrected chi connectivity index (χ1v) is 20.8. The SMILES string of the molecule is CCCCCC/C=C/C=C/CCCCCCCC(=O)OC[C@H](COP(=O)(O)O)OC(=O)CCCCCCCCC/C=C/CCCCCC. The number of hydrogen-bond donors (Lipinski definition) is 2. The van der Waals surface area contributed by atoms with Crippen molar-refractivity contribution in [3.8, 4) is 0 Å². The molecular formula is C39H71O8P. The van der Waals surface area contributed by atoms with E-state index in [2.05, 4.69) is 54.8 Å². The fraction of sp³-hybridized carbons (Fsp3) is 0.795. The zero-order valence-electron chi connectivity index (χ0n) is 30.6. The molecule has 0 spiro atoms. The molecule has 0 radical (unpaired) electrons. The van der Waals surface area contributed by atoms with Crippen LogP contribution in [0.2, 0.25) is 0 Å². The molecule has 0 fully saturated rings. The largest absolute Gasteiger partial charge is 0.469 e. The summed E-state index contributed by atoms with van der Waals surface area (Å²) in [6.07, 6.45) is 40.0. The van der Waals surface area contributed by atoms with Crippen LogP contribution in [0, 0.1) is 0 Å². The number of rotatable bonds is 35. The van der Waals surface area contributed by atoms with Gasteiger partial charge in [0.05, 0.1) is 6.61 Å². The zero-order valence-corrected chi connectivity index (χ0v) is 31.5. The van der Waals surface area contributed by atoms with Crippen LogP contribution in [-0.4, -0.2) is 41.0 Å². The summed E-state index contributed by atoms with van der Waals surface area (Å²) in [5.74, 6) is -0.907. The Morgan fingerprint density at radius 2 is 0.938 bits per heavy atom. The van der Waals surface area contributed by atoms with Crippen LogP contribution in [0.1, 0.15) is 181 Å². The molecule has 0 amide bonds. The fourth-order valence-corrected chi connectivity index (χ4v) is 5.60. The Morgan fingerprint density at radius 3 is 1.40 bits per heavy atom. The van der Waals surface area contributed by atoms with Gasteiger partial charge in [-0.2, -0.15) is 0 Å². The lowest BCUT2D eigenvalue weighted by Gasteiger charge is -2.18. The molecule has 0 aromatic heterocycles. The van der Waals surface area contributed by atoms with E-state index in [0.717, 1.165) is 64.2 Å². The number of phosphoric acid groups is 1. The zero-order chi connectivity index (χ0) is 35.4. The second-order valence-corrected chi connectivity index (χ2v) is 14.2. The van der Waals surface area contributed by atoms with Crippen LogP contribution in [0.3, 0.4) is 0 Å². The molecule has 48 heavy (non-hydrogen) atoms. The highest BCUT2D eigenvalue weighted by atomic mass is 31.2. The van der Waals surface area contributed by atoms with Gasteiger partial charge in [0.15, 0.2) is 6.10 Å². The molecule has 0 heterocycles. The van der Waals surface area contributed by atoms with E-state index in [9.17, 15) is 14.2 Å². The lowest BCUT2D eigenvalue weighted by Crippen LogP contribution is -2.29. The molecule has 280 valence electrons. The topological polar surface area (TPSA) is 119 Å². The van der Waals surface area contributed by atoms with Crippen molar-refractivity contribution < 1.29 is 37.9 Å². The molecule has 0 unspecified atom stereocenters. The van der Waals surface area contributed by atoms with Gasteiger partial charge in [-0.1, -0.05) is 140 Å². The first-order chi connectivity index (χ1) is 23.3. The van der Waals surface area contributed by atoms with Gasteiger partial charge in [0.25, 0.3) is 0 Å². The van der Waals surface area contributed by atoms with Crippen LogP contribution in [0.15, 0.2) is 36.5 Å². The van der Waals surface area contributed by atoms with Crippen LogP contribution in [0.5, 0.6) is 0 Å². The standard InChI is InChI=1S/C39H71O8P/c1-3-5-7-9-11-13-15-17-19-21-23-25-27-29-31-33-38(40)45-35-37(36-46-48(42,43)44)47-39(41)34-32-30-28-26-24-22-20-18-16-14-12-10-8-6-4-2/h13-17,19,37H,3-12,18,20-36H2,1-2H3,(H2,42,43,44)/b15-13+,16-14+,19-17+/t37-/m1/s1. The average Bonchev–Trinajstić information content (AvgIpc) is 3.05. The monoisotopic (exact) mass is 698 g/mol. The van der Waals surface area contributed by atoms with E-state index in [0.29, 0.717) is 12.8 Å². The quantitative estimate of drug-likeness (QED) is 0.0221. The Hall–Kier alpha value is -1.73. The highest BCUT2D eigenvalue weighted by Gasteiger charge is 2.22. The maximum absolute atomic E-state index is 12.4. The van der Waals surface area contributed by atoms with Gasteiger partial charge in [-0.25, -0.2) is 4.57 Å². The summed E-state index contributed by atoms with van der Waals surface area (Å²) in [6, 6.07) is 0. The lowest BCUT2D eigenvalue weighted by molar-refractivity contribution is -0.161. The summed E-state index contributed by atoms with van der Waals surface area (Å²) in [5, 5.41) is 0. The van der Waals surface area contributed by atoms with Crippen molar-refractivity contribution >= 4 is 19.8 Å². The third-order valence-electron chi connectivity index (χ3n) is 8.16. The van der Waals surface area contributed by atoms with Crippen molar-refractivity contribution in [3.05, 3.63) is 36.5 Å². The van der Waals surface area contributed by atoms with E-state index in [-0.39, 0.29) is 19.4 Å². The molecule has 0 saturated heterocycles. The van der Waals surface area contributed by atoms with Crippen molar-refractivity contribution in [3.63, 3.8) is 0 Å². The minimum atomic E-state index is -4.75. The third-order valence-corrected chi connectivity index (χ3v) is 8.64. The minimum Gasteiger partial charge on any atom is -0.462 e. The Morgan fingerprint density at radius 1 is 0.542 bits per heavy atom. The Bertz CT molecular complexity index is 879. The van der Waals surface area contributed by atoms with Crippen LogP contribution < -0.4 is 0 Å². The lowest BCUT2D eigenvalue weighted by atomic mass is 10.1. The van der Waals surface area contributed by atoms with Crippen LogP contribution >= 0.6 is 7.82 Å². The minimum absolute atomic E-state index is 0.203. The van der Waals surface area contributed by atoms with Crippen molar-refractivity contribution in [2.45, 2.75) is 187 Å². The highest BCUT2D eigenvalue weighted by Crippen LogP contribution is 2.36. The molecule has 0 aliphatic carbocycles. The van der Waals surface area contributed by atoms with Gasteiger partial charge >= 0.3 is 19.8 Å². The van der Waals surface area contributed by atoms with Crippen LogP contribution in [0.4, 0.5) is 0 Å².